The van der Waals surface area contributed by atoms with Gasteiger partial charge in [0.05, 0.1) is 5.56 Å². The number of nitrogens with zero attached hydrogens (tertiary/aromatic N) is 3. The first-order valence-electron chi connectivity index (χ1n) is 5.49. The second-order valence-corrected chi connectivity index (χ2v) is 3.82. The van der Waals surface area contributed by atoms with Crippen molar-refractivity contribution < 1.29 is 17.6 Å². The zero-order valence-corrected chi connectivity index (χ0v) is 9.94. The maximum atomic E-state index is 12.5. The number of alkyl halides is 3. The number of halogens is 3. The summed E-state index contributed by atoms with van der Waals surface area (Å²) in [5, 5.41) is 7.34. The molecule has 0 amide bonds. The van der Waals surface area contributed by atoms with E-state index >= 15 is 0 Å². The molecule has 0 aliphatic carbocycles. The van der Waals surface area contributed by atoms with Gasteiger partial charge < -0.3 is 8.98 Å². The van der Waals surface area contributed by atoms with Crippen molar-refractivity contribution >= 4 is 0 Å². The molecule has 0 radical (unpaired) electrons. The molecule has 0 unspecified atom stereocenters. The minimum atomic E-state index is -4.50. The Hall–Kier alpha value is -2.12. The smallest absolute Gasteiger partial charge is 0.417 e. The van der Waals surface area contributed by atoms with Crippen LogP contribution in [0.1, 0.15) is 24.3 Å². The van der Waals surface area contributed by atoms with E-state index in [1.807, 2.05) is 0 Å². The van der Waals surface area contributed by atoms with Crippen molar-refractivity contribution in [1.82, 2.24) is 14.8 Å². The molecule has 0 fully saturated rings. The molecule has 0 atom stereocenters. The Morgan fingerprint density at radius 2 is 1.95 bits per heavy atom. The Morgan fingerprint density at radius 1 is 1.26 bits per heavy atom. The third kappa shape index (κ3) is 3.01. The lowest BCUT2D eigenvalue weighted by molar-refractivity contribution is -0.138. The fourth-order valence-corrected chi connectivity index (χ4v) is 1.46. The molecule has 0 aliphatic rings. The number of hydrogen-bond acceptors (Lipinski definition) is 4. The second-order valence-electron chi connectivity index (χ2n) is 3.82. The quantitative estimate of drug-likeness (QED) is 0.856. The molecule has 2 aromatic rings. The lowest BCUT2D eigenvalue weighted by Crippen LogP contribution is -2.22. The van der Waals surface area contributed by atoms with Gasteiger partial charge in [0.15, 0.2) is 0 Å². The fraction of sp³-hybridized carbons (Fsp3) is 0.364. The number of aromatic nitrogens is 3. The molecule has 2 rings (SSSR count). The Kier molecular flexibility index (Phi) is 3.41. The summed E-state index contributed by atoms with van der Waals surface area (Å²) in [4.78, 5) is 11.5. The van der Waals surface area contributed by atoms with Crippen molar-refractivity contribution in [2.24, 2.45) is 0 Å². The van der Waals surface area contributed by atoms with Crippen LogP contribution in [0.2, 0.25) is 0 Å². The SMILES string of the molecule is CCc1nnc(Cn2cc(C(F)(F)F)ccc2=O)o1. The maximum absolute atomic E-state index is 12.5. The van der Waals surface area contributed by atoms with Crippen LogP contribution in [0.15, 0.2) is 27.5 Å². The second kappa shape index (κ2) is 4.87. The average molecular weight is 273 g/mol. The van der Waals surface area contributed by atoms with E-state index in [1.165, 1.54) is 0 Å². The van der Waals surface area contributed by atoms with Crippen molar-refractivity contribution in [1.29, 1.82) is 0 Å². The van der Waals surface area contributed by atoms with Crippen LogP contribution < -0.4 is 5.56 Å². The Balaban J connectivity index is 2.31. The molecule has 2 aromatic heterocycles. The van der Waals surface area contributed by atoms with Crippen LogP contribution in [0.25, 0.3) is 0 Å². The Labute approximate surface area is 105 Å². The van der Waals surface area contributed by atoms with Crippen LogP contribution in [-0.4, -0.2) is 14.8 Å². The van der Waals surface area contributed by atoms with E-state index in [0.29, 0.717) is 12.3 Å². The highest BCUT2D eigenvalue weighted by molar-refractivity contribution is 5.14. The molecule has 8 heteroatoms. The van der Waals surface area contributed by atoms with Gasteiger partial charge in [-0.05, 0) is 6.07 Å². The minimum absolute atomic E-state index is 0.0956. The number of aryl methyl sites for hydroxylation is 1. The number of pyridine rings is 1. The van der Waals surface area contributed by atoms with E-state index in [2.05, 4.69) is 10.2 Å². The molecule has 0 bridgehead atoms. The van der Waals surface area contributed by atoms with Crippen LogP contribution in [0, 0.1) is 0 Å². The largest absolute Gasteiger partial charge is 0.423 e. The predicted octanol–water partition coefficient (Wildman–Crippen LogP) is 1.86. The normalized spacial score (nSPS) is 11.8. The van der Waals surface area contributed by atoms with Gasteiger partial charge in [0.2, 0.25) is 11.8 Å². The highest BCUT2D eigenvalue weighted by atomic mass is 19.4. The molecule has 0 N–H and O–H groups in total. The first-order chi connectivity index (χ1) is 8.90. The van der Waals surface area contributed by atoms with E-state index in [0.717, 1.165) is 22.9 Å². The van der Waals surface area contributed by atoms with Gasteiger partial charge in [0, 0.05) is 18.7 Å². The molecule has 19 heavy (non-hydrogen) atoms. The van der Waals surface area contributed by atoms with Crippen molar-refractivity contribution in [3.8, 4) is 0 Å². The van der Waals surface area contributed by atoms with Gasteiger partial charge in [-0.3, -0.25) is 4.79 Å². The fourth-order valence-electron chi connectivity index (χ4n) is 1.46. The van der Waals surface area contributed by atoms with Gasteiger partial charge in [0.25, 0.3) is 5.56 Å². The lowest BCUT2D eigenvalue weighted by Gasteiger charge is -2.08. The first kappa shape index (κ1) is 13.3. The molecule has 0 saturated carbocycles. The summed E-state index contributed by atoms with van der Waals surface area (Å²) in [7, 11) is 0. The molecule has 5 nitrogen and oxygen atoms in total. The third-order valence-electron chi connectivity index (χ3n) is 2.43. The van der Waals surface area contributed by atoms with Gasteiger partial charge in [-0.1, -0.05) is 6.92 Å². The number of hydrogen-bond donors (Lipinski definition) is 0. The van der Waals surface area contributed by atoms with Gasteiger partial charge in [-0.2, -0.15) is 13.2 Å². The summed E-state index contributed by atoms with van der Waals surface area (Å²) in [5.41, 5.74) is -1.47. The highest BCUT2D eigenvalue weighted by Gasteiger charge is 2.31. The summed E-state index contributed by atoms with van der Waals surface area (Å²) in [6.07, 6.45) is -3.25. The molecule has 102 valence electrons. The van der Waals surface area contributed by atoms with Crippen molar-refractivity contribution in [2.75, 3.05) is 0 Å². The Bertz CT molecular complexity index is 631. The van der Waals surface area contributed by atoms with Crippen molar-refractivity contribution in [3.05, 3.63) is 46.0 Å². The molecule has 0 aromatic carbocycles. The van der Waals surface area contributed by atoms with E-state index in [1.54, 1.807) is 6.92 Å². The molecule has 0 spiro atoms. The molecule has 0 aliphatic heterocycles. The van der Waals surface area contributed by atoms with E-state index in [4.69, 9.17) is 4.42 Å². The van der Waals surface area contributed by atoms with Crippen molar-refractivity contribution in [3.63, 3.8) is 0 Å². The van der Waals surface area contributed by atoms with E-state index in [9.17, 15) is 18.0 Å². The zero-order chi connectivity index (χ0) is 14.0. The van der Waals surface area contributed by atoms with Gasteiger partial charge in [-0.25, -0.2) is 0 Å². The molecular weight excluding hydrogens is 263 g/mol. The summed E-state index contributed by atoms with van der Waals surface area (Å²) in [5.74, 6) is 0.466. The third-order valence-corrected chi connectivity index (χ3v) is 2.43. The van der Waals surface area contributed by atoms with Gasteiger partial charge in [0.1, 0.15) is 6.54 Å². The van der Waals surface area contributed by atoms with E-state index in [-0.39, 0.29) is 12.4 Å². The Morgan fingerprint density at radius 3 is 2.53 bits per heavy atom. The summed E-state index contributed by atoms with van der Waals surface area (Å²) in [6, 6.07) is 1.60. The summed E-state index contributed by atoms with van der Waals surface area (Å²) < 4.78 is 43.6. The summed E-state index contributed by atoms with van der Waals surface area (Å²) in [6.45, 7) is 1.61. The minimum Gasteiger partial charge on any atom is -0.423 e. The van der Waals surface area contributed by atoms with Crippen LogP contribution in [-0.2, 0) is 19.1 Å². The van der Waals surface area contributed by atoms with Gasteiger partial charge >= 0.3 is 6.18 Å². The lowest BCUT2D eigenvalue weighted by atomic mass is 10.3. The summed E-state index contributed by atoms with van der Waals surface area (Å²) >= 11 is 0. The molecular formula is C11H10F3N3O2. The maximum Gasteiger partial charge on any atom is 0.417 e. The van der Waals surface area contributed by atoms with Crippen molar-refractivity contribution in [2.45, 2.75) is 26.1 Å². The van der Waals surface area contributed by atoms with E-state index < -0.39 is 17.3 Å². The topological polar surface area (TPSA) is 60.9 Å². The average Bonchev–Trinajstić information content (AvgIpc) is 2.78. The monoisotopic (exact) mass is 273 g/mol. The molecule has 2 heterocycles. The number of rotatable bonds is 3. The zero-order valence-electron chi connectivity index (χ0n) is 9.94. The first-order valence-corrected chi connectivity index (χ1v) is 5.49. The van der Waals surface area contributed by atoms with Crippen LogP contribution in [0.4, 0.5) is 13.2 Å². The highest BCUT2D eigenvalue weighted by Crippen LogP contribution is 2.28. The van der Waals surface area contributed by atoms with Gasteiger partial charge in [-0.15, -0.1) is 10.2 Å². The standard InChI is InChI=1S/C11H10F3N3O2/c1-2-8-15-16-9(19-8)6-17-5-7(11(12,13)14)3-4-10(17)18/h3-5H,2,6H2,1H3. The molecule has 0 saturated heterocycles. The van der Waals surface area contributed by atoms with Crippen LogP contribution in [0.3, 0.4) is 0 Å². The van der Waals surface area contributed by atoms with Crippen LogP contribution in [0.5, 0.6) is 0 Å². The van der Waals surface area contributed by atoms with Crippen LogP contribution >= 0.6 is 0 Å². The predicted molar refractivity (Wildman–Crippen MR) is 58.5 cm³/mol.